The number of phenols is 1. The normalized spacial score (nSPS) is 19.1. The van der Waals surface area contributed by atoms with Crippen LogP contribution in [-0.2, 0) is 0 Å². The average Bonchev–Trinajstić information content (AvgIpc) is 2.38. The second kappa shape index (κ2) is 6.03. The number of hydrogen-bond donors (Lipinski definition) is 2. The van der Waals surface area contributed by atoms with Gasteiger partial charge in [0.15, 0.2) is 0 Å². The van der Waals surface area contributed by atoms with Crippen molar-refractivity contribution in [2.24, 2.45) is 0 Å². The van der Waals surface area contributed by atoms with Gasteiger partial charge in [-0.15, -0.1) is 0 Å². The number of piperazine rings is 1. The molecular weight excluding hydrogens is 212 g/mol. The molecule has 0 amide bonds. The molecule has 1 saturated heterocycles. The van der Waals surface area contributed by atoms with E-state index in [2.05, 4.69) is 17.1 Å². The van der Waals surface area contributed by atoms with Crippen molar-refractivity contribution in [2.45, 2.75) is 19.3 Å². The molecule has 0 saturated carbocycles. The molecule has 1 fully saturated rings. The van der Waals surface area contributed by atoms with Gasteiger partial charge in [0.25, 0.3) is 0 Å². The molecule has 0 aliphatic carbocycles. The quantitative estimate of drug-likeness (QED) is 0.834. The number of nitrogens with zero attached hydrogens (tertiary/aromatic N) is 1. The van der Waals surface area contributed by atoms with E-state index in [0.29, 0.717) is 11.7 Å². The fourth-order valence-electron chi connectivity index (χ4n) is 2.49. The zero-order chi connectivity index (χ0) is 12.1. The highest BCUT2D eigenvalue weighted by Gasteiger charge is 2.18. The lowest BCUT2D eigenvalue weighted by Crippen LogP contribution is -2.44. The fraction of sp³-hybridized carbons (Fsp3) is 0.571. The monoisotopic (exact) mass is 234 g/mol. The summed E-state index contributed by atoms with van der Waals surface area (Å²) in [7, 11) is 0. The minimum atomic E-state index is 0.439. The Labute approximate surface area is 103 Å². The van der Waals surface area contributed by atoms with Crippen LogP contribution in [0.2, 0.25) is 0 Å². The number of phenolic OH excluding ortho intramolecular Hbond substituents is 1. The maximum Gasteiger partial charge on any atom is 0.119 e. The van der Waals surface area contributed by atoms with Gasteiger partial charge in [0.05, 0.1) is 0 Å². The number of para-hydroxylation sites is 1. The second-order valence-electron chi connectivity index (χ2n) is 4.71. The zero-order valence-electron chi connectivity index (χ0n) is 10.5. The maximum absolute atomic E-state index is 9.91. The molecular formula is C14H22N2O. The van der Waals surface area contributed by atoms with Crippen LogP contribution in [0.15, 0.2) is 24.3 Å². The minimum Gasteiger partial charge on any atom is -0.508 e. The Kier molecular flexibility index (Phi) is 4.40. The lowest BCUT2D eigenvalue weighted by molar-refractivity contribution is 0.224. The smallest absolute Gasteiger partial charge is 0.119 e. The van der Waals surface area contributed by atoms with Gasteiger partial charge >= 0.3 is 0 Å². The zero-order valence-corrected chi connectivity index (χ0v) is 10.5. The number of nitrogens with one attached hydrogen (secondary N) is 1. The molecule has 1 aliphatic heterocycles. The number of rotatable bonds is 4. The standard InChI is InChI=1S/C14H22N2O/c1-2-12(11-16-9-7-15-8-10-16)13-5-3-4-6-14(13)17/h3-6,12,15,17H,2,7-11H2,1H3. The third kappa shape index (κ3) is 3.20. The Balaban J connectivity index is 2.03. The summed E-state index contributed by atoms with van der Waals surface area (Å²) in [5.74, 6) is 0.879. The van der Waals surface area contributed by atoms with Crippen molar-refractivity contribution in [2.75, 3.05) is 32.7 Å². The highest BCUT2D eigenvalue weighted by atomic mass is 16.3. The van der Waals surface area contributed by atoms with E-state index in [1.54, 1.807) is 6.07 Å². The molecule has 2 rings (SSSR count). The molecule has 0 aromatic heterocycles. The van der Waals surface area contributed by atoms with Crippen molar-refractivity contribution in [1.29, 1.82) is 0 Å². The van der Waals surface area contributed by atoms with Crippen molar-refractivity contribution in [1.82, 2.24) is 10.2 Å². The first-order valence-corrected chi connectivity index (χ1v) is 6.52. The molecule has 2 N–H and O–H groups in total. The molecule has 1 atom stereocenters. The molecule has 1 unspecified atom stereocenters. The first kappa shape index (κ1) is 12.4. The topological polar surface area (TPSA) is 35.5 Å². The van der Waals surface area contributed by atoms with Crippen molar-refractivity contribution in [3.05, 3.63) is 29.8 Å². The highest BCUT2D eigenvalue weighted by Crippen LogP contribution is 2.28. The molecule has 0 radical (unpaired) electrons. The average molecular weight is 234 g/mol. The van der Waals surface area contributed by atoms with Crippen LogP contribution < -0.4 is 5.32 Å². The van der Waals surface area contributed by atoms with Gasteiger partial charge < -0.3 is 15.3 Å². The van der Waals surface area contributed by atoms with Crippen LogP contribution in [-0.4, -0.2) is 42.7 Å². The summed E-state index contributed by atoms with van der Waals surface area (Å²) in [5.41, 5.74) is 1.09. The summed E-state index contributed by atoms with van der Waals surface area (Å²) in [6.07, 6.45) is 1.07. The number of hydrogen-bond acceptors (Lipinski definition) is 3. The fourth-order valence-corrected chi connectivity index (χ4v) is 2.49. The van der Waals surface area contributed by atoms with E-state index in [1.165, 1.54) is 0 Å². The first-order chi connectivity index (χ1) is 8.31. The van der Waals surface area contributed by atoms with Gasteiger partial charge in [-0.2, -0.15) is 0 Å². The third-order valence-electron chi connectivity index (χ3n) is 3.56. The van der Waals surface area contributed by atoms with Crippen LogP contribution >= 0.6 is 0 Å². The van der Waals surface area contributed by atoms with Crippen molar-refractivity contribution < 1.29 is 5.11 Å². The Morgan fingerprint density at radius 3 is 2.65 bits per heavy atom. The van der Waals surface area contributed by atoms with Gasteiger partial charge in [-0.3, -0.25) is 0 Å². The third-order valence-corrected chi connectivity index (χ3v) is 3.56. The van der Waals surface area contributed by atoms with Crippen LogP contribution in [0.25, 0.3) is 0 Å². The maximum atomic E-state index is 9.91. The van der Waals surface area contributed by atoms with Gasteiger partial charge in [-0.1, -0.05) is 25.1 Å². The Morgan fingerprint density at radius 2 is 2.00 bits per heavy atom. The molecule has 1 aromatic carbocycles. The molecule has 1 heterocycles. The Hall–Kier alpha value is -1.06. The van der Waals surface area contributed by atoms with Gasteiger partial charge in [-0.05, 0) is 24.0 Å². The van der Waals surface area contributed by atoms with E-state index >= 15 is 0 Å². The number of aromatic hydroxyl groups is 1. The van der Waals surface area contributed by atoms with Gasteiger partial charge in [0, 0.05) is 32.7 Å². The molecule has 0 bridgehead atoms. The molecule has 1 aliphatic rings. The van der Waals surface area contributed by atoms with Crippen molar-refractivity contribution in [3.8, 4) is 5.75 Å². The van der Waals surface area contributed by atoms with Crippen LogP contribution in [0.3, 0.4) is 0 Å². The summed E-state index contributed by atoms with van der Waals surface area (Å²) in [6.45, 7) is 7.64. The SMILES string of the molecule is CCC(CN1CCNCC1)c1ccccc1O. The largest absolute Gasteiger partial charge is 0.508 e. The molecule has 1 aromatic rings. The summed E-state index contributed by atoms with van der Waals surface area (Å²) in [5, 5.41) is 13.3. The van der Waals surface area contributed by atoms with Crippen LogP contribution in [0.4, 0.5) is 0 Å². The lowest BCUT2D eigenvalue weighted by atomic mass is 9.95. The van der Waals surface area contributed by atoms with E-state index < -0.39 is 0 Å². The van der Waals surface area contributed by atoms with E-state index in [9.17, 15) is 5.11 Å². The Morgan fingerprint density at radius 1 is 1.29 bits per heavy atom. The molecule has 94 valence electrons. The van der Waals surface area contributed by atoms with E-state index in [4.69, 9.17) is 0 Å². The van der Waals surface area contributed by atoms with Gasteiger partial charge in [0.2, 0.25) is 0 Å². The second-order valence-corrected chi connectivity index (χ2v) is 4.71. The Bertz CT molecular complexity index is 348. The molecule has 3 heteroatoms. The minimum absolute atomic E-state index is 0.439. The van der Waals surface area contributed by atoms with Gasteiger partial charge in [0.1, 0.15) is 5.75 Å². The molecule has 3 nitrogen and oxygen atoms in total. The molecule has 17 heavy (non-hydrogen) atoms. The van der Waals surface area contributed by atoms with Crippen molar-refractivity contribution in [3.63, 3.8) is 0 Å². The predicted octanol–water partition coefficient (Wildman–Crippen LogP) is 1.79. The summed E-state index contributed by atoms with van der Waals surface area (Å²) in [4.78, 5) is 2.48. The highest BCUT2D eigenvalue weighted by molar-refractivity contribution is 5.35. The van der Waals surface area contributed by atoms with Crippen LogP contribution in [0.1, 0.15) is 24.8 Å². The summed E-state index contributed by atoms with van der Waals surface area (Å²) in [6, 6.07) is 7.73. The van der Waals surface area contributed by atoms with E-state index in [1.807, 2.05) is 18.2 Å². The molecule has 0 spiro atoms. The van der Waals surface area contributed by atoms with Gasteiger partial charge in [-0.25, -0.2) is 0 Å². The van der Waals surface area contributed by atoms with Crippen molar-refractivity contribution >= 4 is 0 Å². The van der Waals surface area contributed by atoms with E-state index in [0.717, 1.165) is 44.7 Å². The predicted molar refractivity (Wildman–Crippen MR) is 70.4 cm³/mol. The van der Waals surface area contributed by atoms with E-state index in [-0.39, 0.29) is 0 Å². The first-order valence-electron chi connectivity index (χ1n) is 6.52. The number of benzene rings is 1. The van der Waals surface area contributed by atoms with Crippen LogP contribution in [0, 0.1) is 0 Å². The lowest BCUT2D eigenvalue weighted by Gasteiger charge is -2.31. The summed E-state index contributed by atoms with van der Waals surface area (Å²) < 4.78 is 0. The summed E-state index contributed by atoms with van der Waals surface area (Å²) >= 11 is 0. The van der Waals surface area contributed by atoms with Crippen LogP contribution in [0.5, 0.6) is 5.75 Å².